The minimum atomic E-state index is -0.218. The number of nitrogens with zero attached hydrogens (tertiary/aromatic N) is 1. The summed E-state index contributed by atoms with van der Waals surface area (Å²) in [4.78, 5) is 13.3. The molecular formula is C12H23FN2O. The Labute approximate surface area is 97.2 Å². The predicted octanol–water partition coefficient (Wildman–Crippen LogP) is 1.86. The number of primary amides is 1. The minimum Gasteiger partial charge on any atom is -0.370 e. The van der Waals surface area contributed by atoms with Crippen molar-refractivity contribution in [3.8, 4) is 0 Å². The average molecular weight is 230 g/mol. The first kappa shape index (κ1) is 13.4. The van der Waals surface area contributed by atoms with Gasteiger partial charge in [0.2, 0.25) is 5.91 Å². The molecule has 0 aromatic rings. The van der Waals surface area contributed by atoms with Crippen LogP contribution in [0.25, 0.3) is 0 Å². The van der Waals surface area contributed by atoms with Crippen molar-refractivity contribution in [2.45, 2.75) is 51.0 Å². The fourth-order valence-corrected chi connectivity index (χ4v) is 2.40. The van der Waals surface area contributed by atoms with Gasteiger partial charge in [0.15, 0.2) is 0 Å². The molecule has 0 radical (unpaired) electrons. The maximum Gasteiger partial charge on any atom is 0.218 e. The first-order chi connectivity index (χ1) is 7.74. The van der Waals surface area contributed by atoms with E-state index >= 15 is 0 Å². The van der Waals surface area contributed by atoms with Crippen molar-refractivity contribution in [1.29, 1.82) is 0 Å². The molecule has 2 N–H and O–H groups in total. The lowest BCUT2D eigenvalue weighted by molar-refractivity contribution is -0.119. The second-order valence-electron chi connectivity index (χ2n) is 4.61. The molecule has 1 saturated heterocycles. The summed E-state index contributed by atoms with van der Waals surface area (Å²) in [5.74, 6) is -0.208. The summed E-state index contributed by atoms with van der Waals surface area (Å²) >= 11 is 0. The van der Waals surface area contributed by atoms with Crippen LogP contribution in [-0.4, -0.2) is 36.6 Å². The SMILES string of the molecule is NC(=O)C[C@H]1CCCCN1CCCCCF. The van der Waals surface area contributed by atoms with Gasteiger partial charge in [-0.15, -0.1) is 0 Å². The van der Waals surface area contributed by atoms with Crippen molar-refractivity contribution in [3.63, 3.8) is 0 Å². The molecule has 1 rings (SSSR count). The number of halogens is 1. The number of rotatable bonds is 7. The molecular weight excluding hydrogens is 207 g/mol. The van der Waals surface area contributed by atoms with Crippen LogP contribution in [0.1, 0.15) is 44.9 Å². The third-order valence-corrected chi connectivity index (χ3v) is 3.26. The Balaban J connectivity index is 2.26. The van der Waals surface area contributed by atoms with Gasteiger partial charge in [-0.05, 0) is 45.2 Å². The van der Waals surface area contributed by atoms with Gasteiger partial charge in [0.05, 0.1) is 6.67 Å². The number of hydrogen-bond acceptors (Lipinski definition) is 2. The highest BCUT2D eigenvalue weighted by Gasteiger charge is 2.23. The van der Waals surface area contributed by atoms with E-state index in [2.05, 4.69) is 4.90 Å². The van der Waals surface area contributed by atoms with Crippen LogP contribution in [0.15, 0.2) is 0 Å². The van der Waals surface area contributed by atoms with E-state index in [4.69, 9.17) is 5.73 Å². The van der Waals surface area contributed by atoms with E-state index in [-0.39, 0.29) is 12.6 Å². The Morgan fingerprint density at radius 1 is 1.31 bits per heavy atom. The van der Waals surface area contributed by atoms with Crippen molar-refractivity contribution >= 4 is 5.91 Å². The third kappa shape index (κ3) is 4.92. The summed E-state index contributed by atoms with van der Waals surface area (Å²) in [7, 11) is 0. The van der Waals surface area contributed by atoms with Gasteiger partial charge in [-0.25, -0.2) is 0 Å². The van der Waals surface area contributed by atoms with E-state index in [0.29, 0.717) is 18.9 Å². The highest BCUT2D eigenvalue weighted by Crippen LogP contribution is 2.20. The van der Waals surface area contributed by atoms with Crippen LogP contribution in [-0.2, 0) is 4.79 Å². The number of likely N-dealkylation sites (tertiary alicyclic amines) is 1. The van der Waals surface area contributed by atoms with Gasteiger partial charge < -0.3 is 5.73 Å². The molecule has 94 valence electrons. The standard InChI is InChI=1S/C12H23FN2O/c13-7-3-1-4-8-15-9-5-2-6-11(15)10-12(14)16/h11H,1-10H2,(H2,14,16)/t11-/m1/s1. The fourth-order valence-electron chi connectivity index (χ4n) is 2.40. The Morgan fingerprint density at radius 2 is 2.12 bits per heavy atom. The zero-order valence-electron chi connectivity index (χ0n) is 9.96. The van der Waals surface area contributed by atoms with E-state index in [9.17, 15) is 9.18 Å². The largest absolute Gasteiger partial charge is 0.370 e. The lowest BCUT2D eigenvalue weighted by Crippen LogP contribution is -2.42. The molecule has 0 saturated carbocycles. The zero-order valence-corrected chi connectivity index (χ0v) is 9.96. The van der Waals surface area contributed by atoms with Crippen molar-refractivity contribution in [2.75, 3.05) is 19.8 Å². The zero-order chi connectivity index (χ0) is 11.8. The maximum atomic E-state index is 11.9. The Hall–Kier alpha value is -0.640. The van der Waals surface area contributed by atoms with Crippen LogP contribution >= 0.6 is 0 Å². The van der Waals surface area contributed by atoms with Crippen LogP contribution in [0.2, 0.25) is 0 Å². The molecule has 4 heteroatoms. The van der Waals surface area contributed by atoms with E-state index in [1.165, 1.54) is 12.8 Å². The fraction of sp³-hybridized carbons (Fsp3) is 0.917. The molecule has 0 aromatic carbocycles. The molecule has 0 aromatic heterocycles. The van der Waals surface area contributed by atoms with Gasteiger partial charge in [0.25, 0.3) is 0 Å². The van der Waals surface area contributed by atoms with Crippen LogP contribution in [0.3, 0.4) is 0 Å². The molecule has 0 spiro atoms. The van der Waals surface area contributed by atoms with Gasteiger partial charge in [-0.1, -0.05) is 6.42 Å². The number of amides is 1. The smallest absolute Gasteiger partial charge is 0.218 e. The van der Waals surface area contributed by atoms with Crippen molar-refractivity contribution in [3.05, 3.63) is 0 Å². The molecule has 0 unspecified atom stereocenters. The highest BCUT2D eigenvalue weighted by atomic mass is 19.1. The highest BCUT2D eigenvalue weighted by molar-refractivity contribution is 5.74. The molecule has 3 nitrogen and oxygen atoms in total. The van der Waals surface area contributed by atoms with E-state index in [0.717, 1.165) is 32.4 Å². The van der Waals surface area contributed by atoms with Gasteiger partial charge in [0.1, 0.15) is 0 Å². The number of carbonyl (C=O) groups excluding carboxylic acids is 1. The van der Waals surface area contributed by atoms with Gasteiger partial charge >= 0.3 is 0 Å². The average Bonchev–Trinajstić information content (AvgIpc) is 2.26. The summed E-state index contributed by atoms with van der Waals surface area (Å²) in [6.45, 7) is 1.83. The number of carbonyl (C=O) groups is 1. The van der Waals surface area contributed by atoms with Crippen LogP contribution in [0, 0.1) is 0 Å². The molecule has 0 aliphatic carbocycles. The number of unbranched alkanes of at least 4 members (excludes halogenated alkanes) is 2. The molecule has 1 aliphatic heterocycles. The summed E-state index contributed by atoms with van der Waals surface area (Å²) < 4.78 is 11.9. The Bertz CT molecular complexity index is 211. The Morgan fingerprint density at radius 3 is 2.81 bits per heavy atom. The molecule has 1 heterocycles. The first-order valence-electron chi connectivity index (χ1n) is 6.32. The first-order valence-corrected chi connectivity index (χ1v) is 6.32. The molecule has 1 aliphatic rings. The summed E-state index contributed by atoms with van der Waals surface area (Å²) in [5, 5.41) is 0. The van der Waals surface area contributed by atoms with E-state index < -0.39 is 0 Å². The second kappa shape index (κ2) is 7.60. The quantitative estimate of drug-likeness (QED) is 0.678. The number of alkyl halides is 1. The molecule has 1 amide bonds. The third-order valence-electron chi connectivity index (χ3n) is 3.26. The van der Waals surface area contributed by atoms with Crippen LogP contribution < -0.4 is 5.73 Å². The molecule has 0 bridgehead atoms. The second-order valence-corrected chi connectivity index (χ2v) is 4.61. The minimum absolute atomic E-state index is 0.208. The van der Waals surface area contributed by atoms with Crippen molar-refractivity contribution < 1.29 is 9.18 Å². The lowest BCUT2D eigenvalue weighted by Gasteiger charge is -2.35. The predicted molar refractivity (Wildman–Crippen MR) is 62.8 cm³/mol. The number of hydrogen-bond donors (Lipinski definition) is 1. The van der Waals surface area contributed by atoms with Crippen LogP contribution in [0.5, 0.6) is 0 Å². The Kier molecular flexibility index (Phi) is 6.38. The maximum absolute atomic E-state index is 11.9. The molecule has 1 atom stereocenters. The normalized spacial score (nSPS) is 22.2. The summed E-state index contributed by atoms with van der Waals surface area (Å²) in [6.07, 6.45) is 6.58. The summed E-state index contributed by atoms with van der Waals surface area (Å²) in [6, 6.07) is 0.330. The monoisotopic (exact) mass is 230 g/mol. The van der Waals surface area contributed by atoms with Crippen LogP contribution in [0.4, 0.5) is 4.39 Å². The van der Waals surface area contributed by atoms with Gasteiger partial charge in [0, 0.05) is 12.5 Å². The van der Waals surface area contributed by atoms with E-state index in [1.807, 2.05) is 0 Å². The van der Waals surface area contributed by atoms with E-state index in [1.54, 1.807) is 0 Å². The lowest BCUT2D eigenvalue weighted by atomic mass is 9.98. The number of piperidine rings is 1. The van der Waals surface area contributed by atoms with Crippen molar-refractivity contribution in [1.82, 2.24) is 4.90 Å². The number of nitrogens with two attached hydrogens (primary N) is 1. The topological polar surface area (TPSA) is 46.3 Å². The molecule has 1 fully saturated rings. The van der Waals surface area contributed by atoms with Crippen molar-refractivity contribution in [2.24, 2.45) is 5.73 Å². The summed E-state index contributed by atoms with van der Waals surface area (Å²) in [5.41, 5.74) is 5.25. The molecule has 16 heavy (non-hydrogen) atoms. The van der Waals surface area contributed by atoms with Gasteiger partial charge in [-0.2, -0.15) is 0 Å². The van der Waals surface area contributed by atoms with Gasteiger partial charge in [-0.3, -0.25) is 14.1 Å².